The molecule has 0 aliphatic rings. The van der Waals surface area contributed by atoms with Crippen molar-refractivity contribution < 1.29 is 17.9 Å². The Hall–Kier alpha value is -2.01. The smallest absolute Gasteiger partial charge is 0.198 e. The summed E-state index contributed by atoms with van der Waals surface area (Å²) in [4.78, 5) is 0. The van der Waals surface area contributed by atoms with E-state index in [0.29, 0.717) is 11.1 Å². The monoisotopic (exact) mass is 267 g/mol. The summed E-state index contributed by atoms with van der Waals surface area (Å²) in [6.45, 7) is 1.62. The normalized spacial score (nSPS) is 10.6. The third kappa shape index (κ3) is 2.88. The third-order valence-corrected chi connectivity index (χ3v) is 2.64. The molecular formula is C14H12F3NO. The van der Waals surface area contributed by atoms with Crippen LogP contribution in [-0.2, 0) is 6.54 Å². The van der Waals surface area contributed by atoms with Crippen LogP contribution in [0.3, 0.4) is 0 Å². The predicted molar refractivity (Wildman–Crippen MR) is 65.5 cm³/mol. The fourth-order valence-electron chi connectivity index (χ4n) is 1.67. The summed E-state index contributed by atoms with van der Waals surface area (Å²) in [5.74, 6) is -2.45. The van der Waals surface area contributed by atoms with Crippen molar-refractivity contribution in [1.29, 1.82) is 0 Å². The van der Waals surface area contributed by atoms with Gasteiger partial charge in [0.15, 0.2) is 17.4 Å². The minimum atomic E-state index is -0.843. The first kappa shape index (κ1) is 13.4. The summed E-state index contributed by atoms with van der Waals surface area (Å²) >= 11 is 0. The van der Waals surface area contributed by atoms with Crippen LogP contribution in [0, 0.1) is 24.4 Å². The predicted octanol–water partition coefficient (Wildman–Crippen LogP) is 3.66. The maximum absolute atomic E-state index is 13.7. The molecule has 0 fully saturated rings. The van der Waals surface area contributed by atoms with Gasteiger partial charge in [-0.1, -0.05) is 0 Å². The summed E-state index contributed by atoms with van der Waals surface area (Å²) in [7, 11) is 0. The average Bonchev–Trinajstić information content (AvgIpc) is 2.35. The molecule has 0 radical (unpaired) electrons. The zero-order valence-corrected chi connectivity index (χ0v) is 10.2. The van der Waals surface area contributed by atoms with Crippen LogP contribution in [0.25, 0.3) is 0 Å². The molecule has 2 aromatic rings. The van der Waals surface area contributed by atoms with Gasteiger partial charge in [-0.3, -0.25) is 0 Å². The van der Waals surface area contributed by atoms with Crippen LogP contribution < -0.4 is 10.5 Å². The lowest BCUT2D eigenvalue weighted by Gasteiger charge is -2.11. The lowest BCUT2D eigenvalue weighted by Crippen LogP contribution is -2.01. The second-order valence-electron chi connectivity index (χ2n) is 4.10. The maximum atomic E-state index is 13.7. The zero-order valence-electron chi connectivity index (χ0n) is 10.2. The Balaban J connectivity index is 2.38. The summed E-state index contributed by atoms with van der Waals surface area (Å²) in [6.07, 6.45) is 0. The van der Waals surface area contributed by atoms with Gasteiger partial charge in [0.05, 0.1) is 0 Å². The van der Waals surface area contributed by atoms with Crippen molar-refractivity contribution in [3.05, 3.63) is 58.9 Å². The van der Waals surface area contributed by atoms with Crippen LogP contribution in [0.5, 0.6) is 11.5 Å². The molecule has 19 heavy (non-hydrogen) atoms. The molecule has 100 valence electrons. The standard InChI is InChI=1S/C14H12F3NO/c1-8-4-10(15)2-3-13(8)19-14-11(16)5-9(7-18)6-12(14)17/h2-6H,7,18H2,1H3. The van der Waals surface area contributed by atoms with Gasteiger partial charge in [-0.15, -0.1) is 0 Å². The molecule has 0 saturated carbocycles. The van der Waals surface area contributed by atoms with Gasteiger partial charge in [0.25, 0.3) is 0 Å². The Kier molecular flexibility index (Phi) is 3.76. The van der Waals surface area contributed by atoms with E-state index in [1.807, 2.05) is 0 Å². The first-order valence-corrected chi connectivity index (χ1v) is 5.63. The molecule has 2 aromatic carbocycles. The molecule has 0 aliphatic carbocycles. The molecule has 0 aromatic heterocycles. The van der Waals surface area contributed by atoms with Crippen LogP contribution in [-0.4, -0.2) is 0 Å². The van der Waals surface area contributed by atoms with E-state index in [1.165, 1.54) is 12.1 Å². The van der Waals surface area contributed by atoms with Gasteiger partial charge in [-0.2, -0.15) is 0 Å². The Labute approximate surface area is 108 Å². The highest BCUT2D eigenvalue weighted by Gasteiger charge is 2.14. The van der Waals surface area contributed by atoms with E-state index in [2.05, 4.69) is 0 Å². The fraction of sp³-hybridized carbons (Fsp3) is 0.143. The van der Waals surface area contributed by atoms with E-state index in [9.17, 15) is 13.2 Å². The molecule has 0 bridgehead atoms. The van der Waals surface area contributed by atoms with E-state index in [-0.39, 0.29) is 12.3 Å². The first-order chi connectivity index (χ1) is 9.01. The fourth-order valence-corrected chi connectivity index (χ4v) is 1.67. The molecule has 0 aliphatic heterocycles. The number of hydrogen-bond acceptors (Lipinski definition) is 2. The Morgan fingerprint density at radius 2 is 1.68 bits per heavy atom. The molecule has 0 saturated heterocycles. The van der Waals surface area contributed by atoms with Crippen molar-refractivity contribution >= 4 is 0 Å². The molecule has 0 spiro atoms. The number of aryl methyl sites for hydroxylation is 1. The van der Waals surface area contributed by atoms with Gasteiger partial charge in [0, 0.05) is 6.54 Å². The van der Waals surface area contributed by atoms with Gasteiger partial charge in [0.2, 0.25) is 0 Å². The van der Waals surface area contributed by atoms with Crippen LogP contribution in [0.4, 0.5) is 13.2 Å². The van der Waals surface area contributed by atoms with Crippen LogP contribution in [0.1, 0.15) is 11.1 Å². The molecule has 5 heteroatoms. The minimum Gasteiger partial charge on any atom is -0.451 e. The molecule has 0 atom stereocenters. The number of hydrogen-bond donors (Lipinski definition) is 1. The van der Waals surface area contributed by atoms with Crippen molar-refractivity contribution in [3.63, 3.8) is 0 Å². The van der Waals surface area contributed by atoms with Gasteiger partial charge in [-0.25, -0.2) is 13.2 Å². The number of ether oxygens (including phenoxy) is 1. The lowest BCUT2D eigenvalue weighted by atomic mass is 10.2. The highest BCUT2D eigenvalue weighted by atomic mass is 19.1. The largest absolute Gasteiger partial charge is 0.451 e. The van der Waals surface area contributed by atoms with Crippen molar-refractivity contribution in [2.24, 2.45) is 5.73 Å². The van der Waals surface area contributed by atoms with E-state index in [0.717, 1.165) is 18.2 Å². The van der Waals surface area contributed by atoms with Gasteiger partial charge < -0.3 is 10.5 Å². The van der Waals surface area contributed by atoms with Gasteiger partial charge in [-0.05, 0) is 48.4 Å². The van der Waals surface area contributed by atoms with Gasteiger partial charge >= 0.3 is 0 Å². The number of benzene rings is 2. The average molecular weight is 267 g/mol. The summed E-state index contributed by atoms with van der Waals surface area (Å²) in [5, 5.41) is 0. The molecular weight excluding hydrogens is 255 g/mol. The molecule has 2 nitrogen and oxygen atoms in total. The number of halogens is 3. The van der Waals surface area contributed by atoms with Crippen molar-refractivity contribution in [2.45, 2.75) is 13.5 Å². The summed E-state index contributed by atoms with van der Waals surface area (Å²) in [6, 6.07) is 5.92. The van der Waals surface area contributed by atoms with Crippen LogP contribution >= 0.6 is 0 Å². The quantitative estimate of drug-likeness (QED) is 0.921. The Morgan fingerprint density at radius 1 is 1.05 bits per heavy atom. The van der Waals surface area contributed by atoms with Crippen LogP contribution in [0.15, 0.2) is 30.3 Å². The maximum Gasteiger partial charge on any atom is 0.198 e. The number of rotatable bonds is 3. The minimum absolute atomic E-state index is 0.0314. The highest BCUT2D eigenvalue weighted by Crippen LogP contribution is 2.30. The Bertz CT molecular complexity index is 591. The van der Waals surface area contributed by atoms with E-state index in [4.69, 9.17) is 10.5 Å². The zero-order chi connectivity index (χ0) is 14.0. The topological polar surface area (TPSA) is 35.2 Å². The van der Waals surface area contributed by atoms with Crippen molar-refractivity contribution in [1.82, 2.24) is 0 Å². The van der Waals surface area contributed by atoms with E-state index >= 15 is 0 Å². The van der Waals surface area contributed by atoms with Crippen molar-refractivity contribution in [2.75, 3.05) is 0 Å². The van der Waals surface area contributed by atoms with E-state index in [1.54, 1.807) is 6.92 Å². The third-order valence-electron chi connectivity index (χ3n) is 2.64. The first-order valence-electron chi connectivity index (χ1n) is 5.63. The second kappa shape index (κ2) is 5.32. The summed E-state index contributed by atoms with van der Waals surface area (Å²) < 4.78 is 45.5. The van der Waals surface area contributed by atoms with Crippen molar-refractivity contribution in [3.8, 4) is 11.5 Å². The van der Waals surface area contributed by atoms with Gasteiger partial charge in [0.1, 0.15) is 11.6 Å². The molecule has 2 N–H and O–H groups in total. The molecule has 0 amide bonds. The molecule has 2 rings (SSSR count). The lowest BCUT2D eigenvalue weighted by molar-refractivity contribution is 0.403. The Morgan fingerprint density at radius 3 is 2.21 bits per heavy atom. The van der Waals surface area contributed by atoms with Crippen LogP contribution in [0.2, 0.25) is 0 Å². The molecule has 0 unspecified atom stereocenters. The number of nitrogens with two attached hydrogens (primary N) is 1. The summed E-state index contributed by atoms with van der Waals surface area (Å²) in [5.41, 5.74) is 6.09. The van der Waals surface area contributed by atoms with E-state index < -0.39 is 23.2 Å². The molecule has 0 heterocycles. The SMILES string of the molecule is Cc1cc(F)ccc1Oc1c(F)cc(CN)cc1F. The highest BCUT2D eigenvalue weighted by molar-refractivity contribution is 5.39. The second-order valence-corrected chi connectivity index (χ2v) is 4.10.